The van der Waals surface area contributed by atoms with Gasteiger partial charge in [0, 0.05) is 54.8 Å². The number of benzene rings is 2. The third kappa shape index (κ3) is 8.73. The molecule has 0 saturated carbocycles. The van der Waals surface area contributed by atoms with E-state index in [-0.39, 0.29) is 5.91 Å². The first kappa shape index (κ1) is 28.4. The highest BCUT2D eigenvalue weighted by molar-refractivity contribution is 6.30. The van der Waals surface area contributed by atoms with Gasteiger partial charge in [0.15, 0.2) is 0 Å². The Morgan fingerprint density at radius 2 is 1.76 bits per heavy atom. The summed E-state index contributed by atoms with van der Waals surface area (Å²) in [6, 6.07) is 13.8. The summed E-state index contributed by atoms with van der Waals surface area (Å²) < 4.78 is 11.8. The standard InChI is InChI=1S/C30H41ClN4O3/c1-33(2)14-6-13-32-30(36)22-35-18-16-34(17-19-35)15-4-3-5-20-37-26-11-12-27-28(23-38-29(27)21-26)24-7-9-25(31)10-8-24/h7-12,21,23H,3-6,13-20,22H2,1-2H3,(H,32,36). The molecule has 0 bridgehead atoms. The molecular formula is C30H41ClN4O3. The van der Waals surface area contributed by atoms with Crippen LogP contribution in [0.15, 0.2) is 53.1 Å². The predicted octanol–water partition coefficient (Wildman–Crippen LogP) is 4.99. The van der Waals surface area contributed by atoms with Crippen LogP contribution in [-0.2, 0) is 4.79 Å². The van der Waals surface area contributed by atoms with Crippen molar-refractivity contribution in [3.63, 3.8) is 0 Å². The highest BCUT2D eigenvalue weighted by atomic mass is 35.5. The van der Waals surface area contributed by atoms with Crippen molar-refractivity contribution in [2.45, 2.75) is 25.7 Å². The molecule has 7 nitrogen and oxygen atoms in total. The smallest absolute Gasteiger partial charge is 0.234 e. The van der Waals surface area contributed by atoms with Crippen LogP contribution in [0.2, 0.25) is 5.02 Å². The topological polar surface area (TPSA) is 61.2 Å². The molecule has 38 heavy (non-hydrogen) atoms. The minimum atomic E-state index is 0.144. The largest absolute Gasteiger partial charge is 0.493 e. The lowest BCUT2D eigenvalue weighted by molar-refractivity contribution is -0.122. The summed E-state index contributed by atoms with van der Waals surface area (Å²) in [6.07, 6.45) is 6.11. The molecule has 2 aromatic carbocycles. The SMILES string of the molecule is CN(C)CCCNC(=O)CN1CCN(CCCCCOc2ccc3c(-c4ccc(Cl)cc4)coc3c2)CC1. The van der Waals surface area contributed by atoms with Crippen LogP contribution in [-0.4, -0.2) is 93.7 Å². The second kappa shape index (κ2) is 14.5. The number of carbonyl (C=O) groups is 1. The van der Waals surface area contributed by atoms with E-state index >= 15 is 0 Å². The third-order valence-corrected chi connectivity index (χ3v) is 7.28. The van der Waals surface area contributed by atoms with Gasteiger partial charge in [-0.05, 0) is 82.7 Å². The first-order valence-electron chi connectivity index (χ1n) is 13.7. The van der Waals surface area contributed by atoms with Gasteiger partial charge in [0.25, 0.3) is 0 Å². The van der Waals surface area contributed by atoms with E-state index in [0.717, 1.165) is 104 Å². The molecule has 0 unspecified atom stereocenters. The summed E-state index contributed by atoms with van der Waals surface area (Å²) in [5, 5.41) is 4.83. The lowest BCUT2D eigenvalue weighted by atomic mass is 10.0. The van der Waals surface area contributed by atoms with E-state index in [1.807, 2.05) is 36.4 Å². The van der Waals surface area contributed by atoms with Crippen molar-refractivity contribution in [2.75, 3.05) is 73.1 Å². The van der Waals surface area contributed by atoms with E-state index in [9.17, 15) is 4.79 Å². The van der Waals surface area contributed by atoms with E-state index in [0.29, 0.717) is 13.2 Å². The number of piperazine rings is 1. The summed E-state index contributed by atoms with van der Waals surface area (Å²) in [6.45, 7) is 8.06. The first-order chi connectivity index (χ1) is 18.5. The van der Waals surface area contributed by atoms with Crippen LogP contribution in [0.5, 0.6) is 5.75 Å². The van der Waals surface area contributed by atoms with Crippen LogP contribution >= 0.6 is 11.6 Å². The molecule has 0 spiro atoms. The monoisotopic (exact) mass is 540 g/mol. The maximum absolute atomic E-state index is 12.1. The van der Waals surface area contributed by atoms with Gasteiger partial charge >= 0.3 is 0 Å². The van der Waals surface area contributed by atoms with Crippen molar-refractivity contribution in [2.24, 2.45) is 0 Å². The molecule has 1 N–H and O–H groups in total. The summed E-state index contributed by atoms with van der Waals surface area (Å²) in [5.74, 6) is 0.984. The van der Waals surface area contributed by atoms with E-state index in [1.54, 1.807) is 6.26 Å². The number of halogens is 1. The number of hydrogen-bond donors (Lipinski definition) is 1. The maximum atomic E-state index is 12.1. The molecule has 4 rings (SSSR count). The van der Waals surface area contributed by atoms with Crippen molar-refractivity contribution < 1.29 is 13.9 Å². The summed E-state index contributed by atoms with van der Waals surface area (Å²) in [4.78, 5) is 19.1. The predicted molar refractivity (Wildman–Crippen MR) is 155 cm³/mol. The fraction of sp³-hybridized carbons (Fsp3) is 0.500. The summed E-state index contributed by atoms with van der Waals surface area (Å²) >= 11 is 6.02. The van der Waals surface area contributed by atoms with E-state index in [1.165, 1.54) is 0 Å². The lowest BCUT2D eigenvalue weighted by Crippen LogP contribution is -2.49. The molecule has 1 saturated heterocycles. The molecule has 0 radical (unpaired) electrons. The van der Waals surface area contributed by atoms with Gasteiger partial charge in [-0.2, -0.15) is 0 Å². The van der Waals surface area contributed by atoms with Crippen LogP contribution in [0.25, 0.3) is 22.1 Å². The number of fused-ring (bicyclic) bond motifs is 1. The minimum Gasteiger partial charge on any atom is -0.493 e. The Bertz CT molecular complexity index is 1140. The molecule has 206 valence electrons. The number of amides is 1. The fourth-order valence-corrected chi connectivity index (χ4v) is 4.93. The Morgan fingerprint density at radius 1 is 1.00 bits per heavy atom. The number of rotatable bonds is 14. The fourth-order valence-electron chi connectivity index (χ4n) is 4.81. The molecule has 8 heteroatoms. The van der Waals surface area contributed by atoms with Crippen molar-refractivity contribution in [3.05, 3.63) is 53.8 Å². The number of nitrogens with zero attached hydrogens (tertiary/aromatic N) is 3. The Balaban J connectivity index is 1.07. The molecule has 1 amide bonds. The zero-order chi connectivity index (χ0) is 26.7. The molecule has 0 atom stereocenters. The van der Waals surface area contributed by atoms with Crippen LogP contribution in [0.3, 0.4) is 0 Å². The average Bonchev–Trinajstić information content (AvgIpc) is 3.33. The average molecular weight is 541 g/mol. The second-order valence-corrected chi connectivity index (χ2v) is 10.8. The molecule has 2 heterocycles. The molecule has 1 aliphatic heterocycles. The van der Waals surface area contributed by atoms with Crippen LogP contribution in [0.1, 0.15) is 25.7 Å². The van der Waals surface area contributed by atoms with Crippen molar-refractivity contribution in [3.8, 4) is 16.9 Å². The Labute approximate surface area is 231 Å². The zero-order valence-electron chi connectivity index (χ0n) is 22.8. The Morgan fingerprint density at radius 3 is 2.53 bits per heavy atom. The van der Waals surface area contributed by atoms with Crippen LogP contribution in [0.4, 0.5) is 0 Å². The molecule has 1 aromatic heterocycles. The highest BCUT2D eigenvalue weighted by Gasteiger charge is 2.18. The minimum absolute atomic E-state index is 0.144. The molecule has 3 aromatic rings. The number of furan rings is 1. The highest BCUT2D eigenvalue weighted by Crippen LogP contribution is 2.33. The second-order valence-electron chi connectivity index (χ2n) is 10.3. The molecule has 1 fully saturated rings. The number of ether oxygens (including phenoxy) is 1. The zero-order valence-corrected chi connectivity index (χ0v) is 23.5. The quantitative estimate of drug-likeness (QED) is 0.291. The third-order valence-electron chi connectivity index (χ3n) is 7.03. The number of hydrogen-bond acceptors (Lipinski definition) is 6. The Hall–Kier alpha value is -2.58. The van der Waals surface area contributed by atoms with Gasteiger partial charge in [0.2, 0.25) is 5.91 Å². The number of unbranched alkanes of at least 4 members (excludes halogenated alkanes) is 2. The van der Waals surface area contributed by atoms with E-state index in [2.05, 4.69) is 40.2 Å². The normalized spacial score (nSPS) is 14.8. The summed E-state index contributed by atoms with van der Waals surface area (Å²) in [7, 11) is 4.11. The van der Waals surface area contributed by atoms with E-state index < -0.39 is 0 Å². The molecule has 0 aliphatic carbocycles. The van der Waals surface area contributed by atoms with Crippen molar-refractivity contribution in [1.82, 2.24) is 20.0 Å². The van der Waals surface area contributed by atoms with Crippen molar-refractivity contribution >= 4 is 28.5 Å². The summed E-state index contributed by atoms with van der Waals surface area (Å²) in [5.41, 5.74) is 2.97. The van der Waals surface area contributed by atoms with Gasteiger partial charge in [0.05, 0.1) is 19.4 Å². The molecule has 1 aliphatic rings. The van der Waals surface area contributed by atoms with Gasteiger partial charge in [-0.15, -0.1) is 0 Å². The van der Waals surface area contributed by atoms with Gasteiger partial charge in [0.1, 0.15) is 11.3 Å². The lowest BCUT2D eigenvalue weighted by Gasteiger charge is -2.34. The Kier molecular flexibility index (Phi) is 10.9. The van der Waals surface area contributed by atoms with Gasteiger partial charge in [-0.25, -0.2) is 0 Å². The van der Waals surface area contributed by atoms with Gasteiger partial charge in [-0.3, -0.25) is 9.69 Å². The molecular weight excluding hydrogens is 500 g/mol. The van der Waals surface area contributed by atoms with Gasteiger partial charge < -0.3 is 24.3 Å². The van der Waals surface area contributed by atoms with Crippen molar-refractivity contribution in [1.29, 1.82) is 0 Å². The number of carbonyl (C=O) groups excluding carboxylic acids is 1. The van der Waals surface area contributed by atoms with Gasteiger partial charge in [-0.1, -0.05) is 23.7 Å². The maximum Gasteiger partial charge on any atom is 0.234 e. The number of nitrogens with one attached hydrogen (secondary N) is 1. The van der Waals surface area contributed by atoms with Crippen LogP contribution < -0.4 is 10.1 Å². The van der Waals surface area contributed by atoms with Crippen LogP contribution in [0, 0.1) is 0 Å². The first-order valence-corrected chi connectivity index (χ1v) is 14.1. The van der Waals surface area contributed by atoms with E-state index in [4.69, 9.17) is 20.8 Å².